The number of aromatic nitrogens is 1. The van der Waals surface area contributed by atoms with Gasteiger partial charge in [0.2, 0.25) is 5.89 Å². The minimum atomic E-state index is -0.347. The Morgan fingerprint density at radius 1 is 1.00 bits per heavy atom. The molecule has 1 aromatic heterocycles. The van der Waals surface area contributed by atoms with E-state index in [1.165, 1.54) is 0 Å². The Hall–Kier alpha value is -3.71. The molecule has 0 aliphatic rings. The summed E-state index contributed by atoms with van der Waals surface area (Å²) in [5, 5.41) is 5.74. The minimum absolute atomic E-state index is 0.130. The van der Waals surface area contributed by atoms with Gasteiger partial charge >= 0.3 is 0 Å². The standard InChI is InChI=1S/C22H17N3O3S/c26-20(14-27-17-9-5-2-6-10-17)25-22(29)23-16-11-12-19-18(13-16)24-21(28-19)15-7-3-1-4-8-15/h1-13H,14H2,(H2,23,25,26,29). The number of fused-ring (bicyclic) bond motifs is 1. The van der Waals surface area contributed by atoms with Gasteiger partial charge in [-0.05, 0) is 54.7 Å². The van der Waals surface area contributed by atoms with Crippen molar-refractivity contribution in [3.63, 3.8) is 0 Å². The molecule has 0 bridgehead atoms. The van der Waals surface area contributed by atoms with Crippen LogP contribution in [0.5, 0.6) is 5.75 Å². The summed E-state index contributed by atoms with van der Waals surface area (Å²) in [5.74, 6) is 0.819. The maximum atomic E-state index is 12.0. The molecule has 0 saturated heterocycles. The highest BCUT2D eigenvalue weighted by atomic mass is 32.1. The van der Waals surface area contributed by atoms with Gasteiger partial charge in [0.15, 0.2) is 17.3 Å². The number of thiocarbonyl (C=S) groups is 1. The third kappa shape index (κ3) is 4.77. The van der Waals surface area contributed by atoms with E-state index in [0.29, 0.717) is 28.4 Å². The monoisotopic (exact) mass is 403 g/mol. The molecule has 0 atom stereocenters. The molecular formula is C22H17N3O3S. The van der Waals surface area contributed by atoms with Gasteiger partial charge in [-0.25, -0.2) is 4.98 Å². The predicted molar refractivity (Wildman–Crippen MR) is 116 cm³/mol. The van der Waals surface area contributed by atoms with Crippen LogP contribution in [0.15, 0.2) is 83.3 Å². The number of carbonyl (C=O) groups excluding carboxylic acids is 1. The normalized spacial score (nSPS) is 10.5. The Balaban J connectivity index is 1.37. The lowest BCUT2D eigenvalue weighted by Crippen LogP contribution is -2.37. The van der Waals surface area contributed by atoms with Gasteiger partial charge in [0.05, 0.1) is 0 Å². The van der Waals surface area contributed by atoms with Crippen LogP contribution >= 0.6 is 12.2 Å². The molecule has 4 aromatic rings. The van der Waals surface area contributed by atoms with Gasteiger partial charge in [-0.3, -0.25) is 10.1 Å². The Morgan fingerprint density at radius 3 is 2.48 bits per heavy atom. The average molecular weight is 403 g/mol. The number of hydrogen-bond donors (Lipinski definition) is 2. The number of nitrogens with zero attached hydrogens (tertiary/aromatic N) is 1. The second-order valence-corrected chi connectivity index (χ2v) is 6.58. The molecular weight excluding hydrogens is 386 g/mol. The first kappa shape index (κ1) is 18.6. The first-order valence-electron chi connectivity index (χ1n) is 8.92. The van der Waals surface area contributed by atoms with Crippen molar-refractivity contribution in [3.8, 4) is 17.2 Å². The summed E-state index contributed by atoms with van der Waals surface area (Å²) >= 11 is 5.21. The van der Waals surface area contributed by atoms with Gasteiger partial charge in [0, 0.05) is 11.3 Å². The topological polar surface area (TPSA) is 76.4 Å². The maximum Gasteiger partial charge on any atom is 0.264 e. The van der Waals surface area contributed by atoms with Crippen LogP contribution in [-0.2, 0) is 4.79 Å². The number of ether oxygens (including phenoxy) is 1. The number of oxazole rings is 1. The van der Waals surface area contributed by atoms with E-state index >= 15 is 0 Å². The SMILES string of the molecule is O=C(COc1ccccc1)NC(=S)Nc1ccc2oc(-c3ccccc3)nc2c1. The van der Waals surface area contributed by atoms with Crippen molar-refractivity contribution in [2.24, 2.45) is 0 Å². The molecule has 29 heavy (non-hydrogen) atoms. The number of carbonyl (C=O) groups is 1. The van der Waals surface area contributed by atoms with Gasteiger partial charge in [-0.15, -0.1) is 0 Å². The average Bonchev–Trinajstić information content (AvgIpc) is 3.17. The van der Waals surface area contributed by atoms with Crippen LogP contribution < -0.4 is 15.4 Å². The number of para-hydroxylation sites is 1. The first-order chi connectivity index (χ1) is 14.2. The number of nitrogens with one attached hydrogen (secondary N) is 2. The summed E-state index contributed by atoms with van der Waals surface area (Å²) in [6.07, 6.45) is 0. The van der Waals surface area contributed by atoms with E-state index in [9.17, 15) is 4.79 Å². The zero-order valence-corrected chi connectivity index (χ0v) is 16.1. The molecule has 1 amide bonds. The van der Waals surface area contributed by atoms with Gasteiger partial charge in [0.1, 0.15) is 11.3 Å². The zero-order valence-electron chi connectivity index (χ0n) is 15.3. The highest BCUT2D eigenvalue weighted by Gasteiger charge is 2.10. The smallest absolute Gasteiger partial charge is 0.264 e. The third-order valence-electron chi connectivity index (χ3n) is 4.03. The van der Waals surface area contributed by atoms with Crippen molar-refractivity contribution in [2.75, 3.05) is 11.9 Å². The van der Waals surface area contributed by atoms with Gasteiger partial charge < -0.3 is 14.5 Å². The molecule has 0 aliphatic heterocycles. The molecule has 1 heterocycles. The summed E-state index contributed by atoms with van der Waals surface area (Å²) in [5.41, 5.74) is 2.95. The molecule has 6 nitrogen and oxygen atoms in total. The Kier molecular flexibility index (Phi) is 5.49. The van der Waals surface area contributed by atoms with E-state index in [0.717, 1.165) is 5.56 Å². The number of benzene rings is 3. The fraction of sp³-hybridized carbons (Fsp3) is 0.0455. The van der Waals surface area contributed by atoms with Crippen molar-refractivity contribution in [3.05, 3.63) is 78.9 Å². The zero-order chi connectivity index (χ0) is 20.1. The highest BCUT2D eigenvalue weighted by molar-refractivity contribution is 7.80. The highest BCUT2D eigenvalue weighted by Crippen LogP contribution is 2.26. The molecule has 0 spiro atoms. The third-order valence-corrected chi connectivity index (χ3v) is 4.24. The Bertz CT molecular complexity index is 1140. The summed E-state index contributed by atoms with van der Waals surface area (Å²) in [6.45, 7) is -0.130. The second kappa shape index (κ2) is 8.53. The van der Waals surface area contributed by atoms with Gasteiger partial charge in [0.25, 0.3) is 5.91 Å². The summed E-state index contributed by atoms with van der Waals surface area (Å²) < 4.78 is 11.2. The van der Waals surface area contributed by atoms with Crippen LogP contribution in [0.3, 0.4) is 0 Å². The molecule has 0 aliphatic carbocycles. The van der Waals surface area contributed by atoms with Crippen molar-refractivity contribution in [1.29, 1.82) is 0 Å². The fourth-order valence-electron chi connectivity index (χ4n) is 2.70. The largest absolute Gasteiger partial charge is 0.484 e. The molecule has 4 rings (SSSR count). The van der Waals surface area contributed by atoms with E-state index in [4.69, 9.17) is 21.4 Å². The quantitative estimate of drug-likeness (QED) is 0.482. The van der Waals surface area contributed by atoms with Crippen molar-refractivity contribution >= 4 is 40.0 Å². The predicted octanol–water partition coefficient (Wildman–Crippen LogP) is 4.39. The van der Waals surface area contributed by atoms with E-state index in [1.807, 2.05) is 54.6 Å². The van der Waals surface area contributed by atoms with Crippen LogP contribution in [0.4, 0.5) is 5.69 Å². The van der Waals surface area contributed by atoms with Crippen molar-refractivity contribution in [1.82, 2.24) is 10.3 Å². The molecule has 7 heteroatoms. The Morgan fingerprint density at radius 2 is 1.72 bits per heavy atom. The maximum absolute atomic E-state index is 12.0. The first-order valence-corrected chi connectivity index (χ1v) is 9.33. The number of anilines is 1. The van der Waals surface area contributed by atoms with E-state index in [1.54, 1.807) is 24.3 Å². The Labute approximate surface area is 172 Å². The second-order valence-electron chi connectivity index (χ2n) is 6.17. The van der Waals surface area contributed by atoms with Crippen LogP contribution in [-0.4, -0.2) is 22.6 Å². The molecule has 2 N–H and O–H groups in total. The fourth-order valence-corrected chi connectivity index (χ4v) is 2.93. The molecule has 0 fully saturated rings. The summed E-state index contributed by atoms with van der Waals surface area (Å²) in [7, 11) is 0. The molecule has 0 unspecified atom stereocenters. The van der Waals surface area contributed by atoms with Crippen molar-refractivity contribution in [2.45, 2.75) is 0 Å². The minimum Gasteiger partial charge on any atom is -0.484 e. The molecule has 3 aromatic carbocycles. The van der Waals surface area contributed by atoms with Crippen molar-refractivity contribution < 1.29 is 13.9 Å². The van der Waals surface area contributed by atoms with Crippen LogP contribution in [0.2, 0.25) is 0 Å². The van der Waals surface area contributed by atoms with Gasteiger partial charge in [-0.2, -0.15) is 0 Å². The number of rotatable bonds is 5. The van der Waals surface area contributed by atoms with Crippen LogP contribution in [0, 0.1) is 0 Å². The molecule has 144 valence electrons. The van der Waals surface area contributed by atoms with E-state index in [2.05, 4.69) is 15.6 Å². The van der Waals surface area contributed by atoms with E-state index in [-0.39, 0.29) is 17.6 Å². The molecule has 0 saturated carbocycles. The lowest BCUT2D eigenvalue weighted by molar-refractivity contribution is -0.121. The summed E-state index contributed by atoms with van der Waals surface area (Å²) in [4.78, 5) is 16.5. The van der Waals surface area contributed by atoms with Crippen LogP contribution in [0.25, 0.3) is 22.6 Å². The van der Waals surface area contributed by atoms with E-state index < -0.39 is 0 Å². The summed E-state index contributed by atoms with van der Waals surface area (Å²) in [6, 6.07) is 24.2. The lowest BCUT2D eigenvalue weighted by Gasteiger charge is -2.10. The van der Waals surface area contributed by atoms with Gasteiger partial charge in [-0.1, -0.05) is 36.4 Å². The molecule has 0 radical (unpaired) electrons. The number of amides is 1. The number of hydrogen-bond acceptors (Lipinski definition) is 5. The van der Waals surface area contributed by atoms with Crippen LogP contribution in [0.1, 0.15) is 0 Å². The lowest BCUT2D eigenvalue weighted by atomic mass is 10.2.